The number of ether oxygens (including phenoxy) is 2. The molecule has 1 saturated heterocycles. The van der Waals surface area contributed by atoms with Crippen LogP contribution in [0.4, 0.5) is 11.6 Å². The molecule has 156 valence electrons. The van der Waals surface area contributed by atoms with Gasteiger partial charge in [-0.2, -0.15) is 10.4 Å². The topological polar surface area (TPSA) is 112 Å². The summed E-state index contributed by atoms with van der Waals surface area (Å²) in [5.41, 5.74) is 1.52. The van der Waals surface area contributed by atoms with Gasteiger partial charge in [-0.25, -0.2) is 9.97 Å². The molecule has 1 aromatic carbocycles. The van der Waals surface area contributed by atoms with E-state index in [1.807, 2.05) is 25.1 Å². The standard InChI is InChI=1S/C21H25N7O2/c1-14-10-19(27-26-14)24-21-15-11-17(29-2)18(12-16(15)23-20(13-22)25-21)30-9-5-8-28-6-3-4-7-28/h10-12H,3-9H2,1-2H3,(H2,23,24,25,26,27). The van der Waals surface area contributed by atoms with Gasteiger partial charge in [0.1, 0.15) is 11.9 Å². The number of benzene rings is 1. The first-order valence-corrected chi connectivity index (χ1v) is 10.1. The monoisotopic (exact) mass is 407 g/mol. The summed E-state index contributed by atoms with van der Waals surface area (Å²) in [6, 6.07) is 7.50. The summed E-state index contributed by atoms with van der Waals surface area (Å²) in [6.07, 6.45) is 3.52. The van der Waals surface area contributed by atoms with Crippen molar-refractivity contribution in [1.82, 2.24) is 25.1 Å². The highest BCUT2D eigenvalue weighted by Crippen LogP contribution is 2.35. The highest BCUT2D eigenvalue weighted by Gasteiger charge is 2.15. The summed E-state index contributed by atoms with van der Waals surface area (Å²) in [7, 11) is 1.60. The molecule has 1 aliphatic heterocycles. The number of anilines is 2. The summed E-state index contributed by atoms with van der Waals surface area (Å²) in [5, 5.41) is 20.3. The Kier molecular flexibility index (Phi) is 5.95. The Morgan fingerprint density at radius 3 is 2.73 bits per heavy atom. The number of hydrogen-bond acceptors (Lipinski definition) is 8. The van der Waals surface area contributed by atoms with Crippen LogP contribution in [0.15, 0.2) is 18.2 Å². The molecule has 9 heteroatoms. The van der Waals surface area contributed by atoms with E-state index in [2.05, 4.69) is 30.4 Å². The number of hydrogen-bond donors (Lipinski definition) is 2. The highest BCUT2D eigenvalue weighted by molar-refractivity contribution is 5.93. The van der Waals surface area contributed by atoms with Crippen LogP contribution in [0.2, 0.25) is 0 Å². The molecule has 2 N–H and O–H groups in total. The molecule has 0 saturated carbocycles. The minimum absolute atomic E-state index is 0.0717. The quantitative estimate of drug-likeness (QED) is 0.548. The van der Waals surface area contributed by atoms with Crippen molar-refractivity contribution in [3.05, 3.63) is 29.7 Å². The molecule has 0 aliphatic carbocycles. The van der Waals surface area contributed by atoms with E-state index in [-0.39, 0.29) is 5.82 Å². The van der Waals surface area contributed by atoms with Gasteiger partial charge in [-0.05, 0) is 45.3 Å². The molecule has 1 aliphatic rings. The number of rotatable bonds is 8. The molecular weight excluding hydrogens is 382 g/mol. The Bertz CT molecular complexity index is 1070. The van der Waals surface area contributed by atoms with Crippen LogP contribution in [0.25, 0.3) is 10.9 Å². The normalized spacial score (nSPS) is 14.0. The van der Waals surface area contributed by atoms with E-state index in [0.717, 1.165) is 24.0 Å². The second kappa shape index (κ2) is 8.97. The van der Waals surface area contributed by atoms with Crippen LogP contribution >= 0.6 is 0 Å². The number of likely N-dealkylation sites (tertiary alicyclic amines) is 1. The maximum Gasteiger partial charge on any atom is 0.234 e. The fourth-order valence-corrected chi connectivity index (χ4v) is 3.63. The predicted molar refractivity (Wildman–Crippen MR) is 113 cm³/mol. The Hall–Kier alpha value is -3.38. The lowest BCUT2D eigenvalue weighted by Gasteiger charge is -2.16. The average Bonchev–Trinajstić information content (AvgIpc) is 3.42. The van der Waals surface area contributed by atoms with Gasteiger partial charge in [0.25, 0.3) is 0 Å². The van der Waals surface area contributed by atoms with Crippen molar-refractivity contribution in [1.29, 1.82) is 5.26 Å². The number of aromatic amines is 1. The zero-order valence-corrected chi connectivity index (χ0v) is 17.2. The van der Waals surface area contributed by atoms with Crippen molar-refractivity contribution in [2.45, 2.75) is 26.2 Å². The lowest BCUT2D eigenvalue weighted by Crippen LogP contribution is -2.21. The van der Waals surface area contributed by atoms with Crippen LogP contribution < -0.4 is 14.8 Å². The van der Waals surface area contributed by atoms with Crippen molar-refractivity contribution in [2.24, 2.45) is 0 Å². The van der Waals surface area contributed by atoms with Gasteiger partial charge in [0.15, 0.2) is 17.3 Å². The van der Waals surface area contributed by atoms with E-state index in [9.17, 15) is 5.26 Å². The predicted octanol–water partition coefficient (Wildman–Crippen LogP) is 3.15. The molecule has 1 fully saturated rings. The number of fused-ring (bicyclic) bond motifs is 1. The van der Waals surface area contributed by atoms with Gasteiger partial charge in [0.05, 0.1) is 19.2 Å². The number of nitrogens with zero attached hydrogens (tertiary/aromatic N) is 5. The van der Waals surface area contributed by atoms with Gasteiger partial charge in [0.2, 0.25) is 5.82 Å². The number of methoxy groups -OCH3 is 1. The van der Waals surface area contributed by atoms with Crippen molar-refractivity contribution < 1.29 is 9.47 Å². The maximum absolute atomic E-state index is 9.35. The first-order chi connectivity index (χ1) is 14.7. The molecule has 0 unspecified atom stereocenters. The molecule has 0 spiro atoms. The van der Waals surface area contributed by atoms with Gasteiger partial charge < -0.3 is 19.7 Å². The lowest BCUT2D eigenvalue weighted by molar-refractivity contribution is 0.254. The number of aromatic nitrogens is 4. The largest absolute Gasteiger partial charge is 0.493 e. The van der Waals surface area contributed by atoms with Crippen molar-refractivity contribution >= 4 is 22.5 Å². The van der Waals surface area contributed by atoms with Crippen molar-refractivity contribution in [3.8, 4) is 17.6 Å². The van der Waals surface area contributed by atoms with Crippen LogP contribution in [0.3, 0.4) is 0 Å². The van der Waals surface area contributed by atoms with Gasteiger partial charge in [-0.15, -0.1) is 0 Å². The molecule has 0 bridgehead atoms. The summed E-state index contributed by atoms with van der Waals surface area (Å²) < 4.78 is 11.5. The third-order valence-corrected chi connectivity index (χ3v) is 5.11. The third kappa shape index (κ3) is 4.44. The first-order valence-electron chi connectivity index (χ1n) is 10.1. The van der Waals surface area contributed by atoms with E-state index in [4.69, 9.17) is 9.47 Å². The van der Waals surface area contributed by atoms with E-state index >= 15 is 0 Å². The van der Waals surface area contributed by atoms with Gasteiger partial charge >= 0.3 is 0 Å². The number of nitrogens with one attached hydrogen (secondary N) is 2. The number of nitriles is 1. The smallest absolute Gasteiger partial charge is 0.234 e. The van der Waals surface area contributed by atoms with E-state index < -0.39 is 0 Å². The maximum atomic E-state index is 9.35. The molecule has 3 aromatic rings. The Morgan fingerprint density at radius 2 is 2.03 bits per heavy atom. The Balaban J connectivity index is 1.58. The summed E-state index contributed by atoms with van der Waals surface area (Å²) in [5.74, 6) is 2.37. The SMILES string of the molecule is COc1cc2c(Nc3cc(C)[nH]n3)nc(C#N)nc2cc1OCCCN1CCCC1. The summed E-state index contributed by atoms with van der Waals surface area (Å²) in [4.78, 5) is 11.1. The fourth-order valence-electron chi connectivity index (χ4n) is 3.63. The molecule has 0 amide bonds. The second-order valence-electron chi connectivity index (χ2n) is 7.34. The number of H-pyrrole nitrogens is 1. The minimum Gasteiger partial charge on any atom is -0.493 e. The van der Waals surface area contributed by atoms with E-state index in [1.165, 1.54) is 25.9 Å². The van der Waals surface area contributed by atoms with Gasteiger partial charge in [0, 0.05) is 29.8 Å². The molecule has 4 rings (SSSR count). The highest BCUT2D eigenvalue weighted by atomic mass is 16.5. The number of aryl methyl sites for hydroxylation is 1. The van der Waals surface area contributed by atoms with Crippen LogP contribution in [0.5, 0.6) is 11.5 Å². The zero-order chi connectivity index (χ0) is 20.9. The van der Waals surface area contributed by atoms with Gasteiger partial charge in [-0.3, -0.25) is 5.10 Å². The molecule has 30 heavy (non-hydrogen) atoms. The van der Waals surface area contributed by atoms with E-state index in [0.29, 0.717) is 35.3 Å². The van der Waals surface area contributed by atoms with Gasteiger partial charge in [-0.1, -0.05) is 0 Å². The van der Waals surface area contributed by atoms with Crippen LogP contribution in [-0.4, -0.2) is 58.4 Å². The lowest BCUT2D eigenvalue weighted by atomic mass is 10.2. The van der Waals surface area contributed by atoms with Crippen LogP contribution in [0.1, 0.15) is 30.8 Å². The van der Waals surface area contributed by atoms with E-state index in [1.54, 1.807) is 13.2 Å². The molecule has 0 atom stereocenters. The van der Waals surface area contributed by atoms with Crippen molar-refractivity contribution in [3.63, 3.8) is 0 Å². The molecule has 0 radical (unpaired) electrons. The summed E-state index contributed by atoms with van der Waals surface area (Å²) >= 11 is 0. The fraction of sp³-hybridized carbons (Fsp3) is 0.429. The van der Waals surface area contributed by atoms with Crippen molar-refractivity contribution in [2.75, 3.05) is 38.7 Å². The Labute approximate surface area is 175 Å². The Morgan fingerprint density at radius 1 is 1.20 bits per heavy atom. The molecule has 3 heterocycles. The zero-order valence-electron chi connectivity index (χ0n) is 17.2. The third-order valence-electron chi connectivity index (χ3n) is 5.11. The van der Waals surface area contributed by atoms with Crippen LogP contribution in [0, 0.1) is 18.3 Å². The molecular formula is C21H25N7O2. The average molecular weight is 407 g/mol. The molecule has 2 aromatic heterocycles. The first kappa shape index (κ1) is 19.9. The second-order valence-corrected chi connectivity index (χ2v) is 7.34. The summed E-state index contributed by atoms with van der Waals surface area (Å²) in [6.45, 7) is 5.89. The minimum atomic E-state index is 0.0717. The molecule has 9 nitrogen and oxygen atoms in total. The van der Waals surface area contributed by atoms with Crippen LogP contribution in [-0.2, 0) is 0 Å².